The maximum Gasteiger partial charge on any atom is 0.249 e. The third kappa shape index (κ3) is 4.03. The highest BCUT2D eigenvalue weighted by atomic mass is 79.9. The first kappa shape index (κ1) is 16.7. The maximum absolute atomic E-state index is 12.7. The van der Waals surface area contributed by atoms with E-state index in [2.05, 4.69) is 15.9 Å². The Balaban J connectivity index is 1.87. The number of amides is 2. The lowest BCUT2D eigenvalue weighted by atomic mass is 10.1. The lowest BCUT2D eigenvalue weighted by Gasteiger charge is -2.24. The molecule has 0 bridgehead atoms. The van der Waals surface area contributed by atoms with E-state index in [4.69, 9.17) is 5.73 Å². The number of carbonyl (C=O) groups excluding carboxylic acids is 2. The summed E-state index contributed by atoms with van der Waals surface area (Å²) in [4.78, 5) is 26.2. The predicted molar refractivity (Wildman–Crippen MR) is 96.1 cm³/mol. The van der Waals surface area contributed by atoms with E-state index in [1.165, 1.54) is 0 Å². The largest absolute Gasteiger partial charge is 0.366 e. The zero-order chi connectivity index (χ0) is 17.1. The Bertz CT molecular complexity index is 757. The lowest BCUT2D eigenvalue weighted by Crippen LogP contribution is -2.32. The van der Waals surface area contributed by atoms with Gasteiger partial charge in [-0.05, 0) is 42.2 Å². The van der Waals surface area contributed by atoms with Crippen LogP contribution in [0.25, 0.3) is 0 Å². The number of benzene rings is 2. The van der Waals surface area contributed by atoms with Crippen molar-refractivity contribution in [2.45, 2.75) is 25.9 Å². The van der Waals surface area contributed by atoms with Crippen LogP contribution in [0.4, 0.5) is 0 Å². The first-order valence-electron chi connectivity index (χ1n) is 7.95. The Hall–Kier alpha value is -2.14. The summed E-state index contributed by atoms with van der Waals surface area (Å²) >= 11 is 3.42. The van der Waals surface area contributed by atoms with Crippen molar-refractivity contribution < 1.29 is 9.59 Å². The first-order valence-corrected chi connectivity index (χ1v) is 8.75. The number of nitrogens with zero attached hydrogens (tertiary/aromatic N) is 1. The summed E-state index contributed by atoms with van der Waals surface area (Å²) in [6.45, 7) is 0.906. The molecule has 1 aliphatic rings. The Kier molecular flexibility index (Phi) is 5.00. The van der Waals surface area contributed by atoms with E-state index in [1.807, 2.05) is 41.3 Å². The Morgan fingerprint density at radius 1 is 1.08 bits per heavy atom. The highest BCUT2D eigenvalue weighted by Gasteiger charge is 2.33. The van der Waals surface area contributed by atoms with E-state index in [0.29, 0.717) is 18.7 Å². The van der Waals surface area contributed by atoms with Gasteiger partial charge in [0.2, 0.25) is 11.8 Å². The van der Waals surface area contributed by atoms with Gasteiger partial charge < -0.3 is 10.6 Å². The smallest absolute Gasteiger partial charge is 0.249 e. The fraction of sp³-hybridized carbons (Fsp3) is 0.263. The molecule has 24 heavy (non-hydrogen) atoms. The van der Waals surface area contributed by atoms with Gasteiger partial charge in [-0.3, -0.25) is 9.59 Å². The molecule has 4 nitrogen and oxygen atoms in total. The summed E-state index contributed by atoms with van der Waals surface area (Å²) in [5.74, 6) is -0.205. The van der Waals surface area contributed by atoms with Gasteiger partial charge in [0.15, 0.2) is 0 Å². The number of halogens is 1. The molecule has 1 fully saturated rings. The first-order chi connectivity index (χ1) is 11.5. The third-order valence-electron chi connectivity index (χ3n) is 4.15. The fourth-order valence-corrected chi connectivity index (χ4v) is 3.15. The van der Waals surface area contributed by atoms with Crippen LogP contribution in [-0.2, 0) is 17.9 Å². The molecule has 2 N–H and O–H groups in total. The van der Waals surface area contributed by atoms with Crippen molar-refractivity contribution in [2.24, 2.45) is 11.7 Å². The minimum absolute atomic E-state index is 0.123. The molecule has 0 atom stereocenters. The average molecular weight is 387 g/mol. The van der Waals surface area contributed by atoms with Crippen molar-refractivity contribution >= 4 is 27.7 Å². The van der Waals surface area contributed by atoms with Crippen LogP contribution in [0, 0.1) is 5.92 Å². The second-order valence-electron chi connectivity index (χ2n) is 6.12. The molecular weight excluding hydrogens is 368 g/mol. The molecule has 124 valence electrons. The van der Waals surface area contributed by atoms with Crippen LogP contribution >= 0.6 is 15.9 Å². The summed E-state index contributed by atoms with van der Waals surface area (Å²) in [6, 6.07) is 15.2. The van der Waals surface area contributed by atoms with Crippen LogP contribution < -0.4 is 5.73 Å². The predicted octanol–water partition coefficient (Wildman–Crippen LogP) is 3.49. The van der Waals surface area contributed by atoms with Crippen LogP contribution in [0.5, 0.6) is 0 Å². The Labute approximate surface area is 149 Å². The van der Waals surface area contributed by atoms with E-state index in [0.717, 1.165) is 28.4 Å². The van der Waals surface area contributed by atoms with Crippen LogP contribution in [0.15, 0.2) is 53.0 Å². The number of carbonyl (C=O) groups is 2. The third-order valence-corrected chi connectivity index (χ3v) is 4.64. The van der Waals surface area contributed by atoms with E-state index < -0.39 is 5.91 Å². The standard InChI is InChI=1S/C19H19BrN2O2/c20-16-8-9-17(18(21)23)15(10-16)12-22(19(24)14-6-7-14)11-13-4-2-1-3-5-13/h1-5,8-10,14H,6-7,11-12H2,(H2,21,23). The van der Waals surface area contributed by atoms with Crippen molar-refractivity contribution in [2.75, 3.05) is 0 Å². The lowest BCUT2D eigenvalue weighted by molar-refractivity contribution is -0.133. The molecule has 0 radical (unpaired) electrons. The van der Waals surface area contributed by atoms with Crippen molar-refractivity contribution in [3.8, 4) is 0 Å². The number of rotatable bonds is 6. The second kappa shape index (κ2) is 7.18. The molecule has 1 aliphatic carbocycles. The van der Waals surface area contributed by atoms with Crippen LogP contribution in [0.3, 0.4) is 0 Å². The number of primary amides is 1. The molecule has 0 aromatic heterocycles. The molecule has 2 aromatic rings. The fourth-order valence-electron chi connectivity index (χ4n) is 2.74. The van der Waals surface area contributed by atoms with E-state index in [1.54, 1.807) is 12.1 Å². The van der Waals surface area contributed by atoms with Gasteiger partial charge in [-0.15, -0.1) is 0 Å². The summed E-state index contributed by atoms with van der Waals surface area (Å²) < 4.78 is 0.862. The zero-order valence-corrected chi connectivity index (χ0v) is 14.8. The van der Waals surface area contributed by atoms with Gasteiger partial charge in [0.1, 0.15) is 0 Å². The Morgan fingerprint density at radius 3 is 2.42 bits per heavy atom. The molecule has 5 heteroatoms. The average Bonchev–Trinajstić information content (AvgIpc) is 3.39. The van der Waals surface area contributed by atoms with Crippen LogP contribution in [-0.4, -0.2) is 16.7 Å². The maximum atomic E-state index is 12.7. The van der Waals surface area contributed by atoms with Gasteiger partial charge in [0, 0.05) is 29.0 Å². The molecule has 0 unspecified atom stereocenters. The molecule has 1 saturated carbocycles. The zero-order valence-electron chi connectivity index (χ0n) is 13.2. The summed E-state index contributed by atoms with van der Waals surface area (Å²) in [5.41, 5.74) is 7.78. The van der Waals surface area contributed by atoms with Gasteiger partial charge in [-0.25, -0.2) is 0 Å². The van der Waals surface area contributed by atoms with Crippen LogP contribution in [0.1, 0.15) is 34.3 Å². The molecule has 0 spiro atoms. The molecule has 0 aliphatic heterocycles. The van der Waals surface area contributed by atoms with Gasteiger partial charge in [-0.2, -0.15) is 0 Å². The topological polar surface area (TPSA) is 63.4 Å². The van der Waals surface area contributed by atoms with Gasteiger partial charge in [0.05, 0.1) is 0 Å². The summed E-state index contributed by atoms with van der Waals surface area (Å²) in [7, 11) is 0. The molecule has 2 aromatic carbocycles. The van der Waals surface area contributed by atoms with E-state index in [9.17, 15) is 9.59 Å². The van der Waals surface area contributed by atoms with Crippen LogP contribution in [0.2, 0.25) is 0 Å². The number of hydrogen-bond acceptors (Lipinski definition) is 2. The minimum atomic E-state index is -0.476. The van der Waals surface area contributed by atoms with Gasteiger partial charge in [-0.1, -0.05) is 46.3 Å². The molecule has 2 amide bonds. The number of hydrogen-bond donors (Lipinski definition) is 1. The second-order valence-corrected chi connectivity index (χ2v) is 7.04. The van der Waals surface area contributed by atoms with Gasteiger partial charge >= 0.3 is 0 Å². The quantitative estimate of drug-likeness (QED) is 0.825. The minimum Gasteiger partial charge on any atom is -0.366 e. The molecule has 0 heterocycles. The molecule has 3 rings (SSSR count). The highest BCUT2D eigenvalue weighted by Crippen LogP contribution is 2.32. The Morgan fingerprint density at radius 2 is 1.79 bits per heavy atom. The highest BCUT2D eigenvalue weighted by molar-refractivity contribution is 9.10. The van der Waals surface area contributed by atoms with E-state index >= 15 is 0 Å². The van der Waals surface area contributed by atoms with Crippen molar-refractivity contribution in [3.63, 3.8) is 0 Å². The SMILES string of the molecule is NC(=O)c1ccc(Br)cc1CN(Cc1ccccc1)C(=O)C1CC1. The normalized spacial score (nSPS) is 13.5. The van der Waals surface area contributed by atoms with Gasteiger partial charge in [0.25, 0.3) is 0 Å². The van der Waals surface area contributed by atoms with Crippen molar-refractivity contribution in [1.82, 2.24) is 4.90 Å². The number of nitrogens with two attached hydrogens (primary N) is 1. The summed E-state index contributed by atoms with van der Waals surface area (Å²) in [6.07, 6.45) is 1.90. The van der Waals surface area contributed by atoms with Crippen molar-refractivity contribution in [1.29, 1.82) is 0 Å². The molecule has 0 saturated heterocycles. The monoisotopic (exact) mass is 386 g/mol. The van der Waals surface area contributed by atoms with Crippen molar-refractivity contribution in [3.05, 3.63) is 69.7 Å². The van der Waals surface area contributed by atoms with E-state index in [-0.39, 0.29) is 11.8 Å². The molecular formula is C19H19BrN2O2. The summed E-state index contributed by atoms with van der Waals surface area (Å²) in [5, 5.41) is 0.